The number of nitro benzene ring substituents is 1. The number of para-hydroxylation sites is 1. The highest BCUT2D eigenvalue weighted by atomic mass is 32.1. The number of aliphatic hydroxyl groups excluding tert-OH is 1. The van der Waals surface area contributed by atoms with E-state index in [-0.39, 0.29) is 22.6 Å². The number of ketones is 1. The molecule has 144 valence electrons. The minimum Gasteiger partial charge on any atom is -0.507 e. The van der Waals surface area contributed by atoms with Gasteiger partial charge in [-0.3, -0.25) is 24.6 Å². The smallest absolute Gasteiger partial charge is 0.300 e. The van der Waals surface area contributed by atoms with Crippen LogP contribution in [0.1, 0.15) is 16.5 Å². The van der Waals surface area contributed by atoms with Crippen molar-refractivity contribution in [3.8, 4) is 0 Å². The van der Waals surface area contributed by atoms with Gasteiger partial charge in [0.2, 0.25) is 0 Å². The molecular formula is C21H14N2O5S. The standard InChI is InChI=1S/C21H14N2O5S/c24-19(13-8-10-15(11-9-13)23(27)28)17-18(16-7-4-12-29-16)22(21(26)20(17)25)14-5-2-1-3-6-14/h1-12,18,24H/b19-17-. The van der Waals surface area contributed by atoms with Crippen molar-refractivity contribution >= 4 is 40.2 Å². The zero-order chi connectivity index (χ0) is 20.5. The summed E-state index contributed by atoms with van der Waals surface area (Å²) < 4.78 is 0. The number of hydrogen-bond acceptors (Lipinski definition) is 6. The molecule has 1 fully saturated rings. The number of aliphatic hydroxyl groups is 1. The van der Waals surface area contributed by atoms with Gasteiger partial charge >= 0.3 is 0 Å². The molecule has 1 aromatic heterocycles. The van der Waals surface area contributed by atoms with E-state index in [1.807, 2.05) is 5.38 Å². The van der Waals surface area contributed by atoms with Crippen molar-refractivity contribution in [2.24, 2.45) is 0 Å². The Bertz CT molecular complexity index is 1120. The molecular weight excluding hydrogens is 392 g/mol. The summed E-state index contributed by atoms with van der Waals surface area (Å²) >= 11 is 1.36. The van der Waals surface area contributed by atoms with Crippen LogP contribution < -0.4 is 4.90 Å². The lowest BCUT2D eigenvalue weighted by molar-refractivity contribution is -0.384. The number of nitro groups is 1. The number of anilines is 1. The molecule has 0 saturated carbocycles. The van der Waals surface area contributed by atoms with Crippen LogP contribution in [0.25, 0.3) is 5.76 Å². The Balaban J connectivity index is 1.88. The average Bonchev–Trinajstić information content (AvgIpc) is 3.35. The van der Waals surface area contributed by atoms with Crippen molar-refractivity contribution in [1.82, 2.24) is 0 Å². The van der Waals surface area contributed by atoms with Gasteiger partial charge in [0.1, 0.15) is 11.8 Å². The van der Waals surface area contributed by atoms with Crippen LogP contribution in [0.5, 0.6) is 0 Å². The molecule has 1 atom stereocenters. The van der Waals surface area contributed by atoms with Gasteiger partial charge in [-0.1, -0.05) is 24.3 Å². The van der Waals surface area contributed by atoms with Crippen LogP contribution in [-0.4, -0.2) is 21.7 Å². The largest absolute Gasteiger partial charge is 0.507 e. The Kier molecular flexibility index (Phi) is 4.69. The van der Waals surface area contributed by atoms with E-state index >= 15 is 0 Å². The fraction of sp³-hybridized carbons (Fsp3) is 0.0476. The van der Waals surface area contributed by atoms with Crippen LogP contribution in [0.2, 0.25) is 0 Å². The van der Waals surface area contributed by atoms with E-state index in [2.05, 4.69) is 0 Å². The number of thiophene rings is 1. The average molecular weight is 406 g/mol. The minimum absolute atomic E-state index is 0.0462. The van der Waals surface area contributed by atoms with E-state index in [1.54, 1.807) is 42.5 Å². The maximum absolute atomic E-state index is 12.9. The van der Waals surface area contributed by atoms with Crippen LogP contribution in [0.15, 0.2) is 77.7 Å². The summed E-state index contributed by atoms with van der Waals surface area (Å²) in [5.41, 5.74) is 0.579. The van der Waals surface area contributed by atoms with Gasteiger partial charge in [-0.15, -0.1) is 11.3 Å². The second kappa shape index (κ2) is 7.33. The highest BCUT2D eigenvalue weighted by molar-refractivity contribution is 7.10. The highest BCUT2D eigenvalue weighted by Crippen LogP contribution is 2.43. The topological polar surface area (TPSA) is 101 Å². The molecule has 3 aromatic rings. The Labute approximate surface area is 169 Å². The Morgan fingerprint density at radius 3 is 2.28 bits per heavy atom. The van der Waals surface area contributed by atoms with Crippen molar-refractivity contribution in [2.75, 3.05) is 4.90 Å². The number of benzene rings is 2. The third kappa shape index (κ3) is 3.19. The van der Waals surface area contributed by atoms with E-state index < -0.39 is 22.7 Å². The molecule has 0 radical (unpaired) electrons. The predicted octanol–water partition coefficient (Wildman–Crippen LogP) is 4.28. The third-order valence-electron chi connectivity index (χ3n) is 4.64. The van der Waals surface area contributed by atoms with Gasteiger partial charge in [0.15, 0.2) is 0 Å². The van der Waals surface area contributed by atoms with E-state index in [1.165, 1.54) is 40.5 Å². The van der Waals surface area contributed by atoms with Crippen LogP contribution in [0, 0.1) is 10.1 Å². The van der Waals surface area contributed by atoms with Gasteiger partial charge in [0.05, 0.1) is 10.5 Å². The van der Waals surface area contributed by atoms with E-state index in [9.17, 15) is 24.8 Å². The molecule has 4 rings (SSSR count). The van der Waals surface area contributed by atoms with Crippen LogP contribution in [0.3, 0.4) is 0 Å². The number of rotatable bonds is 4. The summed E-state index contributed by atoms with van der Waals surface area (Å²) in [7, 11) is 0. The van der Waals surface area contributed by atoms with Crippen LogP contribution >= 0.6 is 11.3 Å². The van der Waals surface area contributed by atoms with Crippen molar-refractivity contribution in [3.05, 3.63) is 98.2 Å². The minimum atomic E-state index is -0.803. The number of amides is 1. The molecule has 1 aliphatic rings. The number of hydrogen-bond donors (Lipinski definition) is 1. The summed E-state index contributed by atoms with van der Waals surface area (Å²) in [6, 6.07) is 16.8. The molecule has 7 nitrogen and oxygen atoms in total. The maximum Gasteiger partial charge on any atom is 0.300 e. The number of Topliss-reactive ketones (excluding diaryl/α,β-unsaturated/α-hetero) is 1. The number of carbonyl (C=O) groups excluding carboxylic acids is 2. The zero-order valence-electron chi connectivity index (χ0n) is 14.9. The van der Waals surface area contributed by atoms with Crippen molar-refractivity contribution in [3.63, 3.8) is 0 Å². The summed E-state index contributed by atoms with van der Waals surface area (Å²) in [4.78, 5) is 38.1. The molecule has 1 aliphatic heterocycles. The van der Waals surface area contributed by atoms with Crippen molar-refractivity contribution < 1.29 is 19.6 Å². The Hall–Kier alpha value is -3.78. The highest BCUT2D eigenvalue weighted by Gasteiger charge is 2.47. The van der Waals surface area contributed by atoms with E-state index in [0.29, 0.717) is 5.69 Å². The first-order chi connectivity index (χ1) is 14.0. The lowest BCUT2D eigenvalue weighted by Gasteiger charge is -2.24. The third-order valence-corrected chi connectivity index (χ3v) is 5.57. The van der Waals surface area contributed by atoms with Gasteiger partial charge in [-0.2, -0.15) is 0 Å². The molecule has 8 heteroatoms. The fourth-order valence-corrected chi connectivity index (χ4v) is 4.12. The second-order valence-electron chi connectivity index (χ2n) is 6.32. The molecule has 0 aliphatic carbocycles. The summed E-state index contributed by atoms with van der Waals surface area (Å²) in [6.45, 7) is 0. The molecule has 2 heterocycles. The van der Waals surface area contributed by atoms with Crippen LogP contribution in [0.4, 0.5) is 11.4 Å². The Morgan fingerprint density at radius 1 is 1.00 bits per heavy atom. The molecule has 1 amide bonds. The number of carbonyl (C=O) groups is 2. The molecule has 1 saturated heterocycles. The molecule has 1 N–H and O–H groups in total. The zero-order valence-corrected chi connectivity index (χ0v) is 15.7. The molecule has 0 bridgehead atoms. The van der Waals surface area contributed by atoms with Gasteiger partial charge in [-0.05, 0) is 35.7 Å². The first kappa shape index (κ1) is 18.6. The number of nitrogens with zero attached hydrogens (tertiary/aromatic N) is 2. The SMILES string of the molecule is O=C1C(=O)N(c2ccccc2)C(c2cccs2)/C1=C(/O)c1ccc([N+](=O)[O-])cc1. The van der Waals surface area contributed by atoms with Crippen molar-refractivity contribution in [1.29, 1.82) is 0 Å². The first-order valence-corrected chi connectivity index (χ1v) is 9.51. The van der Waals surface area contributed by atoms with E-state index in [4.69, 9.17) is 0 Å². The lowest BCUT2D eigenvalue weighted by atomic mass is 9.99. The second-order valence-corrected chi connectivity index (χ2v) is 7.30. The van der Waals surface area contributed by atoms with Gasteiger partial charge < -0.3 is 5.11 Å². The molecule has 0 spiro atoms. The normalized spacial score (nSPS) is 18.2. The Morgan fingerprint density at radius 2 is 1.69 bits per heavy atom. The maximum atomic E-state index is 12.9. The fourth-order valence-electron chi connectivity index (χ4n) is 3.30. The summed E-state index contributed by atoms with van der Waals surface area (Å²) in [6.07, 6.45) is 0. The predicted molar refractivity (Wildman–Crippen MR) is 109 cm³/mol. The summed E-state index contributed by atoms with van der Waals surface area (Å²) in [5, 5.41) is 23.6. The quantitative estimate of drug-likeness (QED) is 0.229. The number of non-ortho nitro benzene ring substituents is 1. The first-order valence-electron chi connectivity index (χ1n) is 8.63. The monoisotopic (exact) mass is 406 g/mol. The van der Waals surface area contributed by atoms with Crippen LogP contribution in [-0.2, 0) is 9.59 Å². The molecule has 29 heavy (non-hydrogen) atoms. The van der Waals surface area contributed by atoms with Gasteiger partial charge in [0.25, 0.3) is 17.4 Å². The van der Waals surface area contributed by atoms with Crippen molar-refractivity contribution in [2.45, 2.75) is 6.04 Å². The lowest BCUT2D eigenvalue weighted by Crippen LogP contribution is -2.29. The van der Waals surface area contributed by atoms with Gasteiger partial charge in [0, 0.05) is 28.3 Å². The molecule has 1 unspecified atom stereocenters. The van der Waals surface area contributed by atoms with Gasteiger partial charge in [-0.25, -0.2) is 0 Å². The van der Waals surface area contributed by atoms with E-state index in [0.717, 1.165) is 4.88 Å². The molecule has 2 aromatic carbocycles. The summed E-state index contributed by atoms with van der Waals surface area (Å²) in [5.74, 6) is -1.91.